The molecule has 3 rings (SSSR count). The molecule has 1 unspecified atom stereocenters. The highest BCUT2D eigenvalue weighted by atomic mass is 16.6. The summed E-state index contributed by atoms with van der Waals surface area (Å²) >= 11 is 0. The molecule has 5 heteroatoms. The molecule has 1 aromatic carbocycles. The molecule has 25 heavy (non-hydrogen) atoms. The Hall–Kier alpha value is -2.30. The third kappa shape index (κ3) is 3.41. The quantitative estimate of drug-likeness (QED) is 0.829. The maximum absolute atomic E-state index is 12.9. The Bertz CT molecular complexity index is 705. The number of amides is 1. The van der Waals surface area contributed by atoms with E-state index in [4.69, 9.17) is 4.74 Å². The van der Waals surface area contributed by atoms with E-state index < -0.39 is 11.1 Å². The minimum atomic E-state index is -0.722. The Morgan fingerprint density at radius 1 is 1.20 bits per heavy atom. The Morgan fingerprint density at radius 2 is 1.88 bits per heavy atom. The second kappa shape index (κ2) is 6.21. The van der Waals surface area contributed by atoms with Crippen LogP contribution in [0.2, 0.25) is 0 Å². The second-order valence-electron chi connectivity index (χ2n) is 7.90. The maximum Gasteiger partial charge on any atom is 0.410 e. The van der Waals surface area contributed by atoms with Gasteiger partial charge in [-0.1, -0.05) is 30.3 Å². The van der Waals surface area contributed by atoms with Crippen molar-refractivity contribution < 1.29 is 14.3 Å². The fraction of sp³-hybridized carbons (Fsp3) is 0.500. The SMILES string of the molecule is CC1=CC(=O)C2(Cc3ccccc3)CN(C(=O)OC(C)(C)C)CCN12. The largest absolute Gasteiger partial charge is 0.444 e. The van der Waals surface area contributed by atoms with Gasteiger partial charge in [-0.3, -0.25) is 4.79 Å². The number of hydrogen-bond acceptors (Lipinski definition) is 4. The number of ether oxygens (including phenoxy) is 1. The molecule has 1 saturated heterocycles. The third-order valence-electron chi connectivity index (χ3n) is 4.78. The van der Waals surface area contributed by atoms with Crippen LogP contribution in [-0.2, 0) is 16.0 Å². The molecule has 0 spiro atoms. The van der Waals surface area contributed by atoms with Gasteiger partial charge in [-0.2, -0.15) is 0 Å². The van der Waals surface area contributed by atoms with E-state index in [0.29, 0.717) is 26.1 Å². The molecule has 134 valence electrons. The van der Waals surface area contributed by atoms with E-state index >= 15 is 0 Å². The molecule has 2 heterocycles. The zero-order valence-electron chi connectivity index (χ0n) is 15.4. The molecule has 1 aromatic rings. The number of ketones is 1. The van der Waals surface area contributed by atoms with Crippen LogP contribution < -0.4 is 0 Å². The monoisotopic (exact) mass is 342 g/mol. The number of carbonyl (C=O) groups is 2. The summed E-state index contributed by atoms with van der Waals surface area (Å²) in [6.45, 7) is 9.08. The van der Waals surface area contributed by atoms with E-state index in [0.717, 1.165) is 11.3 Å². The van der Waals surface area contributed by atoms with Crippen molar-refractivity contribution in [2.75, 3.05) is 19.6 Å². The number of allylic oxidation sites excluding steroid dienone is 1. The number of hydrogen-bond donors (Lipinski definition) is 0. The summed E-state index contributed by atoms with van der Waals surface area (Å²) in [5, 5.41) is 0. The van der Waals surface area contributed by atoms with E-state index in [2.05, 4.69) is 4.90 Å². The van der Waals surface area contributed by atoms with Crippen molar-refractivity contribution in [2.45, 2.75) is 45.3 Å². The average Bonchev–Trinajstić information content (AvgIpc) is 2.77. The van der Waals surface area contributed by atoms with E-state index in [9.17, 15) is 9.59 Å². The first-order valence-electron chi connectivity index (χ1n) is 8.73. The molecule has 0 aliphatic carbocycles. The molecule has 0 aromatic heterocycles. The van der Waals surface area contributed by atoms with Crippen LogP contribution in [0.4, 0.5) is 4.79 Å². The molecule has 1 amide bonds. The van der Waals surface area contributed by atoms with Crippen LogP contribution in [0.15, 0.2) is 42.1 Å². The van der Waals surface area contributed by atoms with Gasteiger partial charge in [-0.25, -0.2) is 4.79 Å². The number of piperazine rings is 1. The van der Waals surface area contributed by atoms with Gasteiger partial charge in [0.2, 0.25) is 0 Å². The summed E-state index contributed by atoms with van der Waals surface area (Å²) in [4.78, 5) is 29.3. The number of fused-ring (bicyclic) bond motifs is 1. The molecule has 0 N–H and O–H groups in total. The van der Waals surface area contributed by atoms with Gasteiger partial charge in [0.25, 0.3) is 0 Å². The normalized spacial score (nSPS) is 23.4. The van der Waals surface area contributed by atoms with Gasteiger partial charge >= 0.3 is 6.09 Å². The van der Waals surface area contributed by atoms with Crippen molar-refractivity contribution in [3.05, 3.63) is 47.7 Å². The minimum Gasteiger partial charge on any atom is -0.444 e. The molecular formula is C20H26N2O3. The van der Waals surface area contributed by atoms with Gasteiger partial charge in [0.05, 0.1) is 6.54 Å². The molecule has 0 bridgehead atoms. The van der Waals surface area contributed by atoms with Crippen LogP contribution in [0.3, 0.4) is 0 Å². The molecule has 5 nitrogen and oxygen atoms in total. The van der Waals surface area contributed by atoms with Crippen LogP contribution in [0.5, 0.6) is 0 Å². The Kier molecular flexibility index (Phi) is 4.35. The van der Waals surface area contributed by atoms with Crippen molar-refractivity contribution in [3.8, 4) is 0 Å². The van der Waals surface area contributed by atoms with E-state index in [1.54, 1.807) is 11.0 Å². The summed E-state index contributed by atoms with van der Waals surface area (Å²) in [6.07, 6.45) is 1.94. The fourth-order valence-corrected chi connectivity index (χ4v) is 3.70. The van der Waals surface area contributed by atoms with Gasteiger partial charge in [0, 0.05) is 31.3 Å². The lowest BCUT2D eigenvalue weighted by Crippen LogP contribution is -2.65. The van der Waals surface area contributed by atoms with Gasteiger partial charge in [0.1, 0.15) is 11.1 Å². The summed E-state index contributed by atoms with van der Waals surface area (Å²) < 4.78 is 5.52. The lowest BCUT2D eigenvalue weighted by atomic mass is 9.85. The summed E-state index contributed by atoms with van der Waals surface area (Å²) in [6, 6.07) is 9.97. The summed E-state index contributed by atoms with van der Waals surface area (Å²) in [5.74, 6) is 0.0714. The molecule has 0 radical (unpaired) electrons. The molecule has 2 aliphatic heterocycles. The fourth-order valence-electron chi connectivity index (χ4n) is 3.70. The van der Waals surface area contributed by atoms with Crippen LogP contribution in [-0.4, -0.2) is 52.5 Å². The third-order valence-corrected chi connectivity index (χ3v) is 4.78. The van der Waals surface area contributed by atoms with Gasteiger partial charge in [-0.15, -0.1) is 0 Å². The van der Waals surface area contributed by atoms with Crippen molar-refractivity contribution in [3.63, 3.8) is 0 Å². The van der Waals surface area contributed by atoms with E-state index in [-0.39, 0.29) is 11.9 Å². The Labute approximate surface area is 149 Å². The highest BCUT2D eigenvalue weighted by molar-refractivity contribution is 6.02. The Balaban J connectivity index is 1.87. The molecular weight excluding hydrogens is 316 g/mol. The van der Waals surface area contributed by atoms with Gasteiger partial charge in [-0.05, 0) is 33.3 Å². The zero-order chi connectivity index (χ0) is 18.2. The van der Waals surface area contributed by atoms with E-state index in [1.807, 2.05) is 58.0 Å². The second-order valence-corrected chi connectivity index (χ2v) is 7.90. The molecule has 1 fully saturated rings. The van der Waals surface area contributed by atoms with Crippen LogP contribution in [0, 0.1) is 0 Å². The first kappa shape index (κ1) is 17.5. The first-order valence-corrected chi connectivity index (χ1v) is 8.73. The summed E-state index contributed by atoms with van der Waals surface area (Å²) in [7, 11) is 0. The van der Waals surface area contributed by atoms with E-state index in [1.165, 1.54) is 0 Å². The topological polar surface area (TPSA) is 49.9 Å². The number of rotatable bonds is 2. The number of nitrogens with zero attached hydrogens (tertiary/aromatic N) is 2. The van der Waals surface area contributed by atoms with Crippen molar-refractivity contribution in [1.29, 1.82) is 0 Å². The smallest absolute Gasteiger partial charge is 0.410 e. The van der Waals surface area contributed by atoms with Crippen LogP contribution >= 0.6 is 0 Å². The molecule has 2 aliphatic rings. The Morgan fingerprint density at radius 3 is 2.52 bits per heavy atom. The maximum atomic E-state index is 12.9. The zero-order valence-corrected chi connectivity index (χ0v) is 15.4. The van der Waals surface area contributed by atoms with Crippen molar-refractivity contribution in [2.24, 2.45) is 0 Å². The summed E-state index contributed by atoms with van der Waals surface area (Å²) in [5.41, 5.74) is 0.801. The lowest BCUT2D eigenvalue weighted by Gasteiger charge is -2.48. The predicted octanol–water partition coefficient (Wildman–Crippen LogP) is 3.01. The van der Waals surface area contributed by atoms with Gasteiger partial charge in [0.15, 0.2) is 5.78 Å². The average molecular weight is 342 g/mol. The minimum absolute atomic E-state index is 0.0714. The number of carbonyl (C=O) groups excluding carboxylic acids is 2. The molecule has 1 atom stereocenters. The molecule has 0 saturated carbocycles. The van der Waals surface area contributed by atoms with Crippen LogP contribution in [0.1, 0.15) is 33.3 Å². The lowest BCUT2D eigenvalue weighted by molar-refractivity contribution is -0.126. The van der Waals surface area contributed by atoms with Crippen LogP contribution in [0.25, 0.3) is 0 Å². The highest BCUT2D eigenvalue weighted by Gasteiger charge is 2.51. The van der Waals surface area contributed by atoms with Gasteiger partial charge < -0.3 is 14.5 Å². The standard InChI is InChI=1S/C20H26N2O3/c1-15-12-17(23)20(13-16-8-6-5-7-9-16)14-21(10-11-22(15)20)18(24)25-19(2,3)4/h5-9,12H,10-11,13-14H2,1-4H3. The number of benzene rings is 1. The first-order chi connectivity index (χ1) is 11.7. The predicted molar refractivity (Wildman–Crippen MR) is 96.2 cm³/mol. The van der Waals surface area contributed by atoms with Crippen molar-refractivity contribution >= 4 is 11.9 Å². The highest BCUT2D eigenvalue weighted by Crippen LogP contribution is 2.36. The van der Waals surface area contributed by atoms with Crippen molar-refractivity contribution in [1.82, 2.24) is 9.80 Å².